The minimum Gasteiger partial charge on any atom is -0.490 e. The first kappa shape index (κ1) is 18.9. The number of carbonyl (C=O) groups is 1. The Balaban J connectivity index is 1.64. The van der Waals surface area contributed by atoms with E-state index in [9.17, 15) is 9.18 Å². The average molecular weight is 385 g/mol. The molecule has 0 bridgehead atoms. The van der Waals surface area contributed by atoms with Crippen LogP contribution in [0.1, 0.15) is 27.7 Å². The van der Waals surface area contributed by atoms with Crippen LogP contribution >= 0.6 is 11.3 Å². The molecule has 1 amide bonds. The van der Waals surface area contributed by atoms with E-state index in [1.807, 2.05) is 43.5 Å². The highest BCUT2D eigenvalue weighted by atomic mass is 32.1. The number of ether oxygens (including phenoxy) is 2. The summed E-state index contributed by atoms with van der Waals surface area (Å²) in [5.74, 6) is 0.536. The molecule has 0 fully saturated rings. The Hall–Kier alpha value is -2.86. The van der Waals surface area contributed by atoms with Crippen LogP contribution in [-0.2, 0) is 6.61 Å². The molecule has 1 aromatic heterocycles. The zero-order valence-electron chi connectivity index (χ0n) is 15.1. The Morgan fingerprint density at radius 1 is 1.11 bits per heavy atom. The van der Waals surface area contributed by atoms with Gasteiger partial charge in [0.05, 0.1) is 17.2 Å². The first-order valence-corrected chi connectivity index (χ1v) is 9.44. The molecule has 140 valence electrons. The fourth-order valence-corrected chi connectivity index (χ4v) is 3.29. The molecule has 0 radical (unpaired) electrons. The third kappa shape index (κ3) is 4.86. The van der Waals surface area contributed by atoms with Gasteiger partial charge in [-0.05, 0) is 55.1 Å². The van der Waals surface area contributed by atoms with Crippen molar-refractivity contribution in [2.45, 2.75) is 20.5 Å². The summed E-state index contributed by atoms with van der Waals surface area (Å²) < 4.78 is 25.2. The van der Waals surface area contributed by atoms with Crippen molar-refractivity contribution in [2.75, 3.05) is 11.9 Å². The molecular formula is C21H20FNO3S. The maximum Gasteiger partial charge on any atom is 0.265 e. The summed E-state index contributed by atoms with van der Waals surface area (Å²) in [5, 5.41) is 4.47. The van der Waals surface area contributed by atoms with Gasteiger partial charge in [-0.2, -0.15) is 0 Å². The van der Waals surface area contributed by atoms with Crippen LogP contribution in [0, 0.1) is 12.7 Å². The maximum atomic E-state index is 13.8. The Morgan fingerprint density at radius 3 is 2.59 bits per heavy atom. The second-order valence-electron chi connectivity index (χ2n) is 5.93. The van der Waals surface area contributed by atoms with Crippen LogP contribution in [0.25, 0.3) is 0 Å². The van der Waals surface area contributed by atoms with Gasteiger partial charge in [0, 0.05) is 5.56 Å². The van der Waals surface area contributed by atoms with Crippen molar-refractivity contribution in [2.24, 2.45) is 0 Å². The van der Waals surface area contributed by atoms with Gasteiger partial charge in [0.15, 0.2) is 11.5 Å². The molecule has 1 N–H and O–H groups in total. The van der Waals surface area contributed by atoms with E-state index in [0.29, 0.717) is 29.6 Å². The van der Waals surface area contributed by atoms with E-state index < -0.39 is 5.82 Å². The van der Waals surface area contributed by atoms with Crippen molar-refractivity contribution in [1.29, 1.82) is 0 Å². The zero-order chi connectivity index (χ0) is 19.2. The van der Waals surface area contributed by atoms with Gasteiger partial charge in [-0.15, -0.1) is 11.3 Å². The van der Waals surface area contributed by atoms with Crippen LogP contribution in [0.15, 0.2) is 53.9 Å². The summed E-state index contributed by atoms with van der Waals surface area (Å²) in [6.45, 7) is 4.62. The molecule has 6 heteroatoms. The van der Waals surface area contributed by atoms with Crippen LogP contribution in [-0.4, -0.2) is 12.5 Å². The number of halogens is 1. The fraction of sp³-hybridized carbons (Fsp3) is 0.190. The molecule has 1 heterocycles. The molecular weight excluding hydrogens is 365 g/mol. The molecule has 0 saturated carbocycles. The highest BCUT2D eigenvalue weighted by Crippen LogP contribution is 2.28. The molecule has 3 aromatic rings. The largest absolute Gasteiger partial charge is 0.490 e. The van der Waals surface area contributed by atoms with E-state index >= 15 is 0 Å². The molecule has 0 unspecified atom stereocenters. The third-order valence-corrected chi connectivity index (χ3v) is 4.77. The number of nitrogens with one attached hydrogen (secondary N) is 1. The zero-order valence-corrected chi connectivity index (χ0v) is 15.9. The van der Waals surface area contributed by atoms with Crippen molar-refractivity contribution in [1.82, 2.24) is 0 Å². The SMILES string of the molecule is CCOc1ccccc1OCc1csc(C(=O)Nc2cc(C)ccc2F)c1. The average Bonchev–Trinajstić information content (AvgIpc) is 3.13. The Morgan fingerprint density at radius 2 is 1.85 bits per heavy atom. The maximum absolute atomic E-state index is 13.8. The van der Waals surface area contributed by atoms with Crippen molar-refractivity contribution in [3.8, 4) is 11.5 Å². The minimum absolute atomic E-state index is 0.178. The lowest BCUT2D eigenvalue weighted by atomic mass is 10.2. The second-order valence-corrected chi connectivity index (χ2v) is 6.84. The van der Waals surface area contributed by atoms with Crippen molar-refractivity contribution in [3.05, 3.63) is 75.7 Å². The number of thiophene rings is 1. The number of anilines is 1. The number of para-hydroxylation sites is 2. The molecule has 0 atom stereocenters. The van der Waals surface area contributed by atoms with Crippen LogP contribution in [0.4, 0.5) is 10.1 Å². The van der Waals surface area contributed by atoms with Crippen molar-refractivity contribution < 1.29 is 18.7 Å². The number of hydrogen-bond acceptors (Lipinski definition) is 4. The molecule has 0 saturated heterocycles. The van der Waals surface area contributed by atoms with Crippen molar-refractivity contribution >= 4 is 22.9 Å². The third-order valence-electron chi connectivity index (χ3n) is 3.79. The first-order valence-electron chi connectivity index (χ1n) is 8.56. The summed E-state index contributed by atoms with van der Waals surface area (Å²) in [6.07, 6.45) is 0. The molecule has 0 spiro atoms. The quantitative estimate of drug-likeness (QED) is 0.590. The summed E-state index contributed by atoms with van der Waals surface area (Å²) in [7, 11) is 0. The van der Waals surface area contributed by atoms with Crippen LogP contribution in [0.5, 0.6) is 11.5 Å². The number of hydrogen-bond donors (Lipinski definition) is 1. The lowest BCUT2D eigenvalue weighted by molar-refractivity contribution is 0.103. The van der Waals surface area contributed by atoms with E-state index in [4.69, 9.17) is 9.47 Å². The van der Waals surface area contributed by atoms with Gasteiger partial charge in [-0.3, -0.25) is 4.79 Å². The number of amides is 1. The normalized spacial score (nSPS) is 10.5. The van der Waals surface area contributed by atoms with Gasteiger partial charge in [0.25, 0.3) is 5.91 Å². The van der Waals surface area contributed by atoms with Gasteiger partial charge >= 0.3 is 0 Å². The summed E-state index contributed by atoms with van der Waals surface area (Å²) in [4.78, 5) is 12.9. The Bertz CT molecular complexity index is 939. The van der Waals surface area contributed by atoms with Gasteiger partial charge in [0.2, 0.25) is 0 Å². The number of aryl methyl sites for hydroxylation is 1. The van der Waals surface area contributed by atoms with Crippen LogP contribution in [0.3, 0.4) is 0 Å². The number of carbonyl (C=O) groups excluding carboxylic acids is 1. The second kappa shape index (κ2) is 8.68. The molecule has 4 nitrogen and oxygen atoms in total. The van der Waals surface area contributed by atoms with E-state index in [2.05, 4.69) is 5.32 Å². The summed E-state index contributed by atoms with van der Waals surface area (Å²) >= 11 is 1.29. The Kier molecular flexibility index (Phi) is 6.08. The fourth-order valence-electron chi connectivity index (χ4n) is 2.49. The van der Waals surface area contributed by atoms with Gasteiger partial charge in [-0.1, -0.05) is 18.2 Å². The monoisotopic (exact) mass is 385 g/mol. The molecule has 0 aliphatic heterocycles. The molecule has 3 rings (SSSR count). The molecule has 0 aliphatic carbocycles. The van der Waals surface area contributed by atoms with Gasteiger partial charge < -0.3 is 14.8 Å². The molecule has 0 aliphatic rings. The predicted molar refractivity (Wildman–Crippen MR) is 105 cm³/mol. The van der Waals surface area contributed by atoms with E-state index in [-0.39, 0.29) is 11.6 Å². The highest BCUT2D eigenvalue weighted by molar-refractivity contribution is 7.12. The smallest absolute Gasteiger partial charge is 0.265 e. The van der Waals surface area contributed by atoms with Gasteiger partial charge in [-0.25, -0.2) is 4.39 Å². The summed E-state index contributed by atoms with van der Waals surface area (Å²) in [5.41, 5.74) is 1.91. The number of benzene rings is 2. The molecule has 2 aromatic carbocycles. The van der Waals surface area contributed by atoms with E-state index in [1.165, 1.54) is 17.4 Å². The first-order chi connectivity index (χ1) is 13.1. The van der Waals surface area contributed by atoms with E-state index in [0.717, 1.165) is 11.1 Å². The lowest BCUT2D eigenvalue weighted by Gasteiger charge is -2.10. The predicted octanol–water partition coefficient (Wildman–Crippen LogP) is 5.43. The number of rotatable bonds is 7. The highest BCUT2D eigenvalue weighted by Gasteiger charge is 2.13. The van der Waals surface area contributed by atoms with Crippen LogP contribution in [0.2, 0.25) is 0 Å². The summed E-state index contributed by atoms with van der Waals surface area (Å²) in [6, 6.07) is 13.8. The van der Waals surface area contributed by atoms with Crippen LogP contribution < -0.4 is 14.8 Å². The Labute approximate surface area is 161 Å². The minimum atomic E-state index is -0.457. The molecule has 27 heavy (non-hydrogen) atoms. The van der Waals surface area contributed by atoms with Gasteiger partial charge in [0.1, 0.15) is 12.4 Å². The standard InChI is InChI=1S/C21H20FNO3S/c1-3-25-18-6-4-5-7-19(18)26-12-15-11-20(27-13-15)21(24)23-17-10-14(2)8-9-16(17)22/h4-11,13H,3,12H2,1-2H3,(H,23,24). The van der Waals surface area contributed by atoms with Crippen molar-refractivity contribution in [3.63, 3.8) is 0 Å². The topological polar surface area (TPSA) is 47.6 Å². The lowest BCUT2D eigenvalue weighted by Crippen LogP contribution is -2.11. The van der Waals surface area contributed by atoms with E-state index in [1.54, 1.807) is 18.2 Å².